The number of aliphatic hydroxyl groups excluding tert-OH is 1. The van der Waals surface area contributed by atoms with Crippen LogP contribution in [-0.4, -0.2) is 41.0 Å². The van der Waals surface area contributed by atoms with Crippen molar-refractivity contribution >= 4 is 11.8 Å². The first kappa shape index (κ1) is 21.6. The van der Waals surface area contributed by atoms with Crippen LogP contribution in [0.25, 0.3) is 0 Å². The highest BCUT2D eigenvalue weighted by Crippen LogP contribution is 2.13. The number of carbonyl (C=O) groups is 2. The first-order valence-electron chi connectivity index (χ1n) is 9.47. The van der Waals surface area contributed by atoms with E-state index in [0.29, 0.717) is 19.4 Å². The van der Waals surface area contributed by atoms with Crippen LogP contribution in [0.4, 0.5) is 4.39 Å². The summed E-state index contributed by atoms with van der Waals surface area (Å²) in [5, 5.41) is 11.6. The number of nitrogens with zero attached hydrogens (tertiary/aromatic N) is 1. The Morgan fingerprint density at radius 1 is 1.07 bits per heavy atom. The van der Waals surface area contributed by atoms with E-state index in [9.17, 15) is 14.0 Å². The Balaban J connectivity index is 2.08. The molecule has 0 aliphatic rings. The van der Waals surface area contributed by atoms with E-state index < -0.39 is 6.04 Å². The van der Waals surface area contributed by atoms with Crippen molar-refractivity contribution in [1.29, 1.82) is 0 Å². The average molecular weight is 386 g/mol. The molecule has 5 nitrogen and oxygen atoms in total. The van der Waals surface area contributed by atoms with Crippen LogP contribution in [0.15, 0.2) is 54.6 Å². The molecule has 0 spiro atoms. The molecule has 2 aromatic carbocycles. The molecule has 0 aliphatic carbocycles. The molecule has 0 heterocycles. The Kier molecular flexibility index (Phi) is 8.62. The van der Waals surface area contributed by atoms with E-state index >= 15 is 0 Å². The number of rotatable bonds is 10. The molecular weight excluding hydrogens is 359 g/mol. The van der Waals surface area contributed by atoms with E-state index in [0.717, 1.165) is 11.1 Å². The number of hydrogen-bond donors (Lipinski definition) is 2. The van der Waals surface area contributed by atoms with Crippen molar-refractivity contribution in [3.8, 4) is 0 Å². The van der Waals surface area contributed by atoms with Gasteiger partial charge in [0.2, 0.25) is 11.8 Å². The highest BCUT2D eigenvalue weighted by Gasteiger charge is 2.25. The van der Waals surface area contributed by atoms with Crippen molar-refractivity contribution in [2.24, 2.45) is 0 Å². The van der Waals surface area contributed by atoms with E-state index in [2.05, 4.69) is 5.32 Å². The summed E-state index contributed by atoms with van der Waals surface area (Å²) in [5.74, 6) is -0.762. The lowest BCUT2D eigenvalue weighted by Crippen LogP contribution is -2.48. The van der Waals surface area contributed by atoms with Crippen molar-refractivity contribution in [2.45, 2.75) is 38.8 Å². The minimum atomic E-state index is -0.674. The van der Waals surface area contributed by atoms with E-state index in [1.54, 1.807) is 19.1 Å². The summed E-state index contributed by atoms with van der Waals surface area (Å²) < 4.78 is 13.2. The second kappa shape index (κ2) is 11.2. The Bertz CT molecular complexity index is 750. The van der Waals surface area contributed by atoms with Crippen LogP contribution in [0.5, 0.6) is 0 Å². The van der Waals surface area contributed by atoms with Crippen LogP contribution in [0.1, 0.15) is 30.9 Å². The molecule has 150 valence electrons. The predicted molar refractivity (Wildman–Crippen MR) is 106 cm³/mol. The zero-order valence-electron chi connectivity index (χ0n) is 16.1. The molecule has 2 amide bonds. The Hall–Kier alpha value is -2.73. The molecule has 0 aromatic heterocycles. The number of aliphatic hydroxyl groups is 1. The van der Waals surface area contributed by atoms with Crippen LogP contribution < -0.4 is 5.32 Å². The van der Waals surface area contributed by atoms with Gasteiger partial charge in [-0.25, -0.2) is 4.39 Å². The molecule has 2 aromatic rings. The Labute approximate surface area is 165 Å². The molecule has 0 saturated heterocycles. The predicted octanol–water partition coefficient (Wildman–Crippen LogP) is 2.67. The molecular formula is C22H27FN2O3. The standard InChI is InChI=1S/C22H27FN2O3/c1-17(22(28)24-14-5-15-26)25(16-19-8-11-20(23)12-9-19)21(27)13-10-18-6-3-2-4-7-18/h2-4,6-9,11-12,17,26H,5,10,13-16H2,1H3,(H,24,28). The summed E-state index contributed by atoms with van der Waals surface area (Å²) in [4.78, 5) is 26.8. The molecule has 0 radical (unpaired) electrons. The zero-order chi connectivity index (χ0) is 20.4. The van der Waals surface area contributed by atoms with Crippen LogP contribution in [0.3, 0.4) is 0 Å². The fourth-order valence-electron chi connectivity index (χ4n) is 2.85. The molecule has 0 fully saturated rings. The quantitative estimate of drug-likeness (QED) is 0.617. The largest absolute Gasteiger partial charge is 0.396 e. The molecule has 6 heteroatoms. The SMILES string of the molecule is CC(C(=O)NCCCO)N(Cc1ccc(F)cc1)C(=O)CCc1ccccc1. The fourth-order valence-corrected chi connectivity index (χ4v) is 2.85. The normalized spacial score (nSPS) is 11.7. The van der Waals surface area contributed by atoms with Gasteiger partial charge in [-0.1, -0.05) is 42.5 Å². The summed E-state index contributed by atoms with van der Waals surface area (Å²) in [6, 6.07) is 14.9. The number of carbonyl (C=O) groups excluding carboxylic acids is 2. The van der Waals surface area contributed by atoms with Crippen LogP contribution in [-0.2, 0) is 22.6 Å². The maximum Gasteiger partial charge on any atom is 0.242 e. The Morgan fingerprint density at radius 2 is 1.75 bits per heavy atom. The van der Waals surface area contributed by atoms with E-state index in [4.69, 9.17) is 5.11 Å². The van der Waals surface area contributed by atoms with Gasteiger partial charge in [0, 0.05) is 26.1 Å². The summed E-state index contributed by atoms with van der Waals surface area (Å²) in [7, 11) is 0. The monoisotopic (exact) mass is 386 g/mol. The third-order valence-electron chi connectivity index (χ3n) is 4.54. The van der Waals surface area contributed by atoms with Gasteiger partial charge in [-0.05, 0) is 43.0 Å². The van der Waals surface area contributed by atoms with Gasteiger partial charge in [0.1, 0.15) is 11.9 Å². The number of nitrogens with one attached hydrogen (secondary N) is 1. The van der Waals surface area contributed by atoms with E-state index in [1.165, 1.54) is 17.0 Å². The topological polar surface area (TPSA) is 69.6 Å². The third-order valence-corrected chi connectivity index (χ3v) is 4.54. The van der Waals surface area contributed by atoms with Crippen LogP contribution in [0, 0.1) is 5.82 Å². The van der Waals surface area contributed by atoms with Gasteiger partial charge in [0.15, 0.2) is 0 Å². The number of halogens is 1. The molecule has 0 saturated carbocycles. The lowest BCUT2D eigenvalue weighted by molar-refractivity contribution is -0.140. The Morgan fingerprint density at radius 3 is 2.39 bits per heavy atom. The minimum Gasteiger partial charge on any atom is -0.396 e. The fraction of sp³-hybridized carbons (Fsp3) is 0.364. The van der Waals surface area contributed by atoms with Gasteiger partial charge in [-0.2, -0.15) is 0 Å². The van der Waals surface area contributed by atoms with Gasteiger partial charge in [0.25, 0.3) is 0 Å². The minimum absolute atomic E-state index is 0.00996. The van der Waals surface area contributed by atoms with Crippen molar-refractivity contribution in [3.05, 3.63) is 71.5 Å². The number of aryl methyl sites for hydroxylation is 1. The second-order valence-corrected chi connectivity index (χ2v) is 6.68. The van der Waals surface area contributed by atoms with Gasteiger partial charge in [-0.15, -0.1) is 0 Å². The highest BCUT2D eigenvalue weighted by molar-refractivity contribution is 5.87. The molecule has 0 bridgehead atoms. The molecule has 2 rings (SSSR count). The van der Waals surface area contributed by atoms with Gasteiger partial charge < -0.3 is 15.3 Å². The molecule has 2 N–H and O–H groups in total. The summed E-state index contributed by atoms with van der Waals surface area (Å²) in [6.45, 7) is 2.24. The third kappa shape index (κ3) is 6.78. The molecule has 1 atom stereocenters. The number of amides is 2. The molecule has 0 aliphatic heterocycles. The summed E-state index contributed by atoms with van der Waals surface area (Å²) >= 11 is 0. The maximum absolute atomic E-state index is 13.2. The van der Waals surface area contributed by atoms with Gasteiger partial charge in [-0.3, -0.25) is 9.59 Å². The highest BCUT2D eigenvalue weighted by atomic mass is 19.1. The first-order valence-corrected chi connectivity index (χ1v) is 9.47. The number of hydrogen-bond acceptors (Lipinski definition) is 3. The van der Waals surface area contributed by atoms with Crippen LogP contribution >= 0.6 is 0 Å². The van der Waals surface area contributed by atoms with Gasteiger partial charge >= 0.3 is 0 Å². The number of benzene rings is 2. The lowest BCUT2D eigenvalue weighted by Gasteiger charge is -2.29. The smallest absolute Gasteiger partial charge is 0.242 e. The van der Waals surface area contributed by atoms with Crippen molar-refractivity contribution in [1.82, 2.24) is 10.2 Å². The van der Waals surface area contributed by atoms with Gasteiger partial charge in [0.05, 0.1) is 0 Å². The van der Waals surface area contributed by atoms with Crippen molar-refractivity contribution in [3.63, 3.8) is 0 Å². The molecule has 1 unspecified atom stereocenters. The van der Waals surface area contributed by atoms with E-state index in [1.807, 2.05) is 30.3 Å². The van der Waals surface area contributed by atoms with E-state index in [-0.39, 0.29) is 37.2 Å². The zero-order valence-corrected chi connectivity index (χ0v) is 16.1. The summed E-state index contributed by atoms with van der Waals surface area (Å²) in [5.41, 5.74) is 1.81. The second-order valence-electron chi connectivity index (χ2n) is 6.68. The molecule has 28 heavy (non-hydrogen) atoms. The lowest BCUT2D eigenvalue weighted by atomic mass is 10.1. The summed E-state index contributed by atoms with van der Waals surface area (Å²) in [6.07, 6.45) is 1.32. The van der Waals surface area contributed by atoms with Crippen LogP contribution in [0.2, 0.25) is 0 Å². The first-order chi connectivity index (χ1) is 13.5. The van der Waals surface area contributed by atoms with Crippen molar-refractivity contribution in [2.75, 3.05) is 13.2 Å². The maximum atomic E-state index is 13.2. The average Bonchev–Trinajstić information content (AvgIpc) is 2.72. The van der Waals surface area contributed by atoms with Crippen molar-refractivity contribution < 1.29 is 19.1 Å².